The predicted octanol–water partition coefficient (Wildman–Crippen LogP) is 0.289. The quantitative estimate of drug-likeness (QED) is 0.489. The fourth-order valence-corrected chi connectivity index (χ4v) is 5.24. The highest BCUT2D eigenvalue weighted by atomic mass is 32.2. The molecule has 12 heteroatoms. The van der Waals surface area contributed by atoms with Crippen molar-refractivity contribution in [1.29, 1.82) is 0 Å². The van der Waals surface area contributed by atoms with Crippen molar-refractivity contribution < 1.29 is 37.0 Å². The standard InChI is InChI=1S/C23H27N3O8S/c1-31-17-4-2-16(3-5-17)8-9-24-22(27)23(28)25-15-21-26(10-11-34-21)35(29,30)18-6-7-19-20(14-18)33-13-12-32-19/h2-7,14,21H,8-13,15H2,1H3,(H,24,27)(H,25,28)/t21-/m0/s1. The van der Waals surface area contributed by atoms with Crippen molar-refractivity contribution in [3.63, 3.8) is 0 Å². The molecule has 11 nitrogen and oxygen atoms in total. The second-order valence-electron chi connectivity index (χ2n) is 7.81. The summed E-state index contributed by atoms with van der Waals surface area (Å²) in [7, 11) is -2.35. The molecule has 35 heavy (non-hydrogen) atoms. The zero-order valence-corrected chi connectivity index (χ0v) is 20.0. The molecule has 0 radical (unpaired) electrons. The normalized spacial score (nSPS) is 17.6. The van der Waals surface area contributed by atoms with E-state index in [-0.39, 0.29) is 31.1 Å². The first kappa shape index (κ1) is 24.8. The molecule has 2 amide bonds. The Balaban J connectivity index is 1.29. The van der Waals surface area contributed by atoms with E-state index in [0.29, 0.717) is 31.1 Å². The van der Waals surface area contributed by atoms with Gasteiger partial charge in [-0.25, -0.2) is 8.42 Å². The Morgan fingerprint density at radius 1 is 1.00 bits per heavy atom. The molecule has 2 aromatic rings. The number of methoxy groups -OCH3 is 1. The number of sulfonamides is 1. The maximum absolute atomic E-state index is 13.2. The number of fused-ring (bicyclic) bond motifs is 1. The fraction of sp³-hybridized carbons (Fsp3) is 0.391. The Hall–Kier alpha value is -3.35. The number of hydrogen-bond acceptors (Lipinski definition) is 8. The molecule has 2 heterocycles. The minimum Gasteiger partial charge on any atom is -0.497 e. The van der Waals surface area contributed by atoms with Gasteiger partial charge in [-0.05, 0) is 36.2 Å². The van der Waals surface area contributed by atoms with Crippen molar-refractivity contribution in [1.82, 2.24) is 14.9 Å². The van der Waals surface area contributed by atoms with E-state index in [2.05, 4.69) is 10.6 Å². The molecule has 4 rings (SSSR count). The third kappa shape index (κ3) is 5.84. The van der Waals surface area contributed by atoms with Gasteiger partial charge in [-0.15, -0.1) is 0 Å². The molecule has 188 valence electrons. The number of nitrogens with one attached hydrogen (secondary N) is 2. The highest BCUT2D eigenvalue weighted by Gasteiger charge is 2.37. The molecule has 1 fully saturated rings. The van der Waals surface area contributed by atoms with Gasteiger partial charge in [0, 0.05) is 19.2 Å². The van der Waals surface area contributed by atoms with Gasteiger partial charge in [0.25, 0.3) is 0 Å². The molecular formula is C23H27N3O8S. The van der Waals surface area contributed by atoms with Gasteiger partial charge in [0.05, 0.1) is 25.2 Å². The molecule has 1 atom stereocenters. The number of ether oxygens (including phenoxy) is 4. The number of carbonyl (C=O) groups is 2. The maximum atomic E-state index is 13.2. The van der Waals surface area contributed by atoms with Crippen LogP contribution in [0.15, 0.2) is 47.4 Å². The van der Waals surface area contributed by atoms with Crippen molar-refractivity contribution in [3.05, 3.63) is 48.0 Å². The minimum atomic E-state index is -3.93. The Kier molecular flexibility index (Phi) is 7.73. The Morgan fingerprint density at radius 3 is 2.46 bits per heavy atom. The third-order valence-electron chi connectivity index (χ3n) is 5.57. The van der Waals surface area contributed by atoms with Crippen molar-refractivity contribution >= 4 is 21.8 Å². The van der Waals surface area contributed by atoms with Crippen LogP contribution in [0.3, 0.4) is 0 Å². The van der Waals surface area contributed by atoms with E-state index in [9.17, 15) is 18.0 Å². The smallest absolute Gasteiger partial charge is 0.309 e. The number of benzene rings is 2. The summed E-state index contributed by atoms with van der Waals surface area (Å²) in [5, 5.41) is 5.00. The highest BCUT2D eigenvalue weighted by Crippen LogP contribution is 2.34. The van der Waals surface area contributed by atoms with E-state index < -0.39 is 28.1 Å². The lowest BCUT2D eigenvalue weighted by Crippen LogP contribution is -2.47. The first-order chi connectivity index (χ1) is 16.9. The topological polar surface area (TPSA) is 132 Å². The molecule has 1 saturated heterocycles. The monoisotopic (exact) mass is 505 g/mol. The van der Waals surface area contributed by atoms with Gasteiger partial charge in [0.2, 0.25) is 10.0 Å². The SMILES string of the molecule is COc1ccc(CCNC(=O)C(=O)NC[C@@H]2OCCN2S(=O)(=O)c2ccc3c(c2)OCCO3)cc1. The Bertz CT molecular complexity index is 1170. The number of amides is 2. The van der Waals surface area contributed by atoms with E-state index in [1.165, 1.54) is 12.1 Å². The van der Waals surface area contributed by atoms with E-state index in [1.54, 1.807) is 13.2 Å². The van der Waals surface area contributed by atoms with Gasteiger partial charge in [-0.2, -0.15) is 4.31 Å². The van der Waals surface area contributed by atoms with Crippen LogP contribution in [0.2, 0.25) is 0 Å². The summed E-state index contributed by atoms with van der Waals surface area (Å²) in [5.41, 5.74) is 0.978. The molecule has 0 aliphatic carbocycles. The van der Waals surface area contributed by atoms with Gasteiger partial charge < -0.3 is 29.6 Å². The third-order valence-corrected chi connectivity index (χ3v) is 7.45. The zero-order chi connectivity index (χ0) is 24.8. The summed E-state index contributed by atoms with van der Waals surface area (Å²) in [6, 6.07) is 11.8. The summed E-state index contributed by atoms with van der Waals surface area (Å²) in [6.45, 7) is 1.11. The van der Waals surface area contributed by atoms with Crippen LogP contribution in [0.4, 0.5) is 0 Å². The van der Waals surface area contributed by atoms with Crippen molar-refractivity contribution in [2.75, 3.05) is 46.6 Å². The molecule has 2 aliphatic heterocycles. The fourth-order valence-electron chi connectivity index (χ4n) is 3.71. The molecule has 2 aliphatic rings. The molecule has 2 aromatic carbocycles. The van der Waals surface area contributed by atoms with Crippen LogP contribution in [-0.4, -0.2) is 77.3 Å². The van der Waals surface area contributed by atoms with Gasteiger partial charge in [0.1, 0.15) is 25.2 Å². The van der Waals surface area contributed by atoms with Gasteiger partial charge in [-0.1, -0.05) is 12.1 Å². The second kappa shape index (κ2) is 10.9. The molecule has 0 aromatic heterocycles. The summed E-state index contributed by atoms with van der Waals surface area (Å²) >= 11 is 0. The van der Waals surface area contributed by atoms with Crippen LogP contribution >= 0.6 is 0 Å². The maximum Gasteiger partial charge on any atom is 0.309 e. The molecule has 0 saturated carbocycles. The van der Waals surface area contributed by atoms with Crippen LogP contribution in [0, 0.1) is 0 Å². The Labute approximate surface area is 203 Å². The summed E-state index contributed by atoms with van der Waals surface area (Å²) in [6.07, 6.45) is -0.403. The molecular weight excluding hydrogens is 478 g/mol. The average Bonchev–Trinajstić information content (AvgIpc) is 3.37. The van der Waals surface area contributed by atoms with Crippen molar-refractivity contribution in [3.8, 4) is 17.2 Å². The van der Waals surface area contributed by atoms with Crippen LogP contribution < -0.4 is 24.8 Å². The van der Waals surface area contributed by atoms with E-state index in [0.717, 1.165) is 15.6 Å². The Morgan fingerprint density at radius 2 is 1.71 bits per heavy atom. The average molecular weight is 506 g/mol. The van der Waals surface area contributed by atoms with E-state index in [1.807, 2.05) is 24.3 Å². The number of rotatable bonds is 8. The first-order valence-electron chi connectivity index (χ1n) is 11.1. The second-order valence-corrected chi connectivity index (χ2v) is 9.70. The molecule has 0 spiro atoms. The van der Waals surface area contributed by atoms with Crippen LogP contribution in [0.25, 0.3) is 0 Å². The first-order valence-corrected chi connectivity index (χ1v) is 12.5. The zero-order valence-electron chi connectivity index (χ0n) is 19.2. The number of nitrogens with zero attached hydrogens (tertiary/aromatic N) is 1. The van der Waals surface area contributed by atoms with Crippen molar-refractivity contribution in [2.24, 2.45) is 0 Å². The van der Waals surface area contributed by atoms with Gasteiger partial charge in [0.15, 0.2) is 11.5 Å². The molecule has 2 N–H and O–H groups in total. The molecule has 0 bridgehead atoms. The predicted molar refractivity (Wildman–Crippen MR) is 124 cm³/mol. The summed E-state index contributed by atoms with van der Waals surface area (Å²) < 4.78 is 49.0. The van der Waals surface area contributed by atoms with E-state index >= 15 is 0 Å². The van der Waals surface area contributed by atoms with Crippen LogP contribution in [0.1, 0.15) is 5.56 Å². The van der Waals surface area contributed by atoms with Crippen LogP contribution in [-0.2, 0) is 30.8 Å². The van der Waals surface area contributed by atoms with Crippen LogP contribution in [0.5, 0.6) is 17.2 Å². The van der Waals surface area contributed by atoms with E-state index in [4.69, 9.17) is 18.9 Å². The lowest BCUT2D eigenvalue weighted by atomic mass is 10.1. The van der Waals surface area contributed by atoms with Crippen molar-refractivity contribution in [2.45, 2.75) is 17.5 Å². The minimum absolute atomic E-state index is 0.0276. The summed E-state index contributed by atoms with van der Waals surface area (Å²) in [4.78, 5) is 24.4. The molecule has 0 unspecified atom stereocenters. The lowest BCUT2D eigenvalue weighted by molar-refractivity contribution is -0.139. The number of carbonyl (C=O) groups excluding carboxylic acids is 2. The van der Waals surface area contributed by atoms with Gasteiger partial charge in [-0.3, -0.25) is 9.59 Å². The largest absolute Gasteiger partial charge is 0.497 e. The number of hydrogen-bond donors (Lipinski definition) is 2. The highest BCUT2D eigenvalue weighted by molar-refractivity contribution is 7.89. The summed E-state index contributed by atoms with van der Waals surface area (Å²) in [5.74, 6) is -0.107. The van der Waals surface area contributed by atoms with Gasteiger partial charge >= 0.3 is 11.8 Å². The lowest BCUT2D eigenvalue weighted by Gasteiger charge is -2.24.